The first-order valence-corrected chi connectivity index (χ1v) is 12.2. The first-order chi connectivity index (χ1) is 15.5. The molecule has 3 rings (SSSR count). The lowest BCUT2D eigenvalue weighted by Gasteiger charge is -2.25. The summed E-state index contributed by atoms with van der Waals surface area (Å²) in [7, 11) is 2.28. The highest BCUT2D eigenvalue weighted by Gasteiger charge is 2.31. The zero-order valence-electron chi connectivity index (χ0n) is 18.9. The number of aryl methyl sites for hydroxylation is 1. The number of nitrogens with zero attached hydrogens (tertiary/aromatic N) is 2. The molecular formula is C19H26B3Br2IN2O7. The molecule has 0 aromatic carbocycles. The predicted molar refractivity (Wildman–Crippen MR) is 149 cm³/mol. The van der Waals surface area contributed by atoms with Crippen LogP contribution in [-0.2, 0) is 23.2 Å². The van der Waals surface area contributed by atoms with Gasteiger partial charge in [-0.25, -0.2) is 14.6 Å². The van der Waals surface area contributed by atoms with Crippen LogP contribution >= 0.6 is 54.5 Å². The first kappa shape index (κ1) is 33.0. The summed E-state index contributed by atoms with van der Waals surface area (Å²) in [4.78, 5) is 30.0. The van der Waals surface area contributed by atoms with Gasteiger partial charge in [-0.2, -0.15) is 0 Å². The fraction of sp³-hybridized carbons (Fsp3) is 0.368. The van der Waals surface area contributed by atoms with Gasteiger partial charge in [0, 0.05) is 16.9 Å². The summed E-state index contributed by atoms with van der Waals surface area (Å²) in [6.07, 6.45) is 2.98. The van der Waals surface area contributed by atoms with E-state index in [1.165, 1.54) is 26.6 Å². The molecule has 0 N–H and O–H groups in total. The smallest absolute Gasteiger partial charge is 0.426 e. The normalized spacial score (nSPS) is 12.3. The Morgan fingerprint density at radius 3 is 1.59 bits per heavy atom. The summed E-state index contributed by atoms with van der Waals surface area (Å²) in [6.45, 7) is 7.42. The van der Waals surface area contributed by atoms with Crippen LogP contribution < -0.4 is 0 Å². The van der Waals surface area contributed by atoms with Crippen molar-refractivity contribution >= 4 is 87.7 Å². The Morgan fingerprint density at radius 2 is 1.24 bits per heavy atom. The van der Waals surface area contributed by atoms with Gasteiger partial charge in [0.2, 0.25) is 0 Å². The number of methoxy groups -OCH3 is 2. The number of halogens is 3. The zero-order chi connectivity index (χ0) is 25.1. The van der Waals surface area contributed by atoms with Crippen molar-refractivity contribution in [3.63, 3.8) is 0 Å². The van der Waals surface area contributed by atoms with Crippen LogP contribution in [0, 0.1) is 10.6 Å². The van der Waals surface area contributed by atoms with E-state index in [4.69, 9.17) is 13.7 Å². The second-order valence-corrected chi connectivity index (χ2v) is 9.11. The van der Waals surface area contributed by atoms with Gasteiger partial charge in [0.25, 0.3) is 0 Å². The average molecular weight is 714 g/mol. The van der Waals surface area contributed by atoms with Crippen molar-refractivity contribution in [3.8, 4) is 0 Å². The fourth-order valence-corrected chi connectivity index (χ4v) is 3.29. The van der Waals surface area contributed by atoms with Gasteiger partial charge >= 0.3 is 33.3 Å². The monoisotopic (exact) mass is 712 g/mol. The number of carbonyl (C=O) groups excluding carboxylic acids is 2. The first-order valence-electron chi connectivity index (χ1n) is 9.54. The van der Waals surface area contributed by atoms with Gasteiger partial charge in [0.15, 0.2) is 0 Å². The molecule has 2 aromatic heterocycles. The fourth-order valence-electron chi connectivity index (χ4n) is 2.29. The number of hydrogen-bond donors (Lipinski definition) is 0. The quantitative estimate of drug-likeness (QED) is 0.180. The minimum absolute atomic E-state index is 0. The second-order valence-electron chi connectivity index (χ2n) is 6.38. The summed E-state index contributed by atoms with van der Waals surface area (Å²) >= 11 is 8.61. The van der Waals surface area contributed by atoms with E-state index in [9.17, 15) is 9.59 Å². The number of carbonyl (C=O) groups is 2. The van der Waals surface area contributed by atoms with Crippen molar-refractivity contribution in [2.45, 2.75) is 34.8 Å². The maximum absolute atomic E-state index is 11.0. The van der Waals surface area contributed by atoms with Crippen LogP contribution in [0.3, 0.4) is 0 Å². The molecule has 0 atom stereocenters. The average Bonchev–Trinajstić information content (AvgIpc) is 2.76. The second kappa shape index (κ2) is 16.6. The van der Waals surface area contributed by atoms with Crippen molar-refractivity contribution in [1.82, 2.24) is 9.97 Å². The molecule has 2 aromatic rings. The summed E-state index contributed by atoms with van der Waals surface area (Å²) in [6, 6.07) is 3.37. The van der Waals surface area contributed by atoms with E-state index in [-0.39, 0.29) is 40.7 Å². The topological polar surface area (TPSA) is 106 Å². The largest absolute Gasteiger partial charge is 0.465 e. The van der Waals surface area contributed by atoms with Crippen LogP contribution in [0.25, 0.3) is 0 Å². The van der Waals surface area contributed by atoms with E-state index in [0.717, 1.165) is 18.3 Å². The van der Waals surface area contributed by atoms with Gasteiger partial charge in [-0.1, -0.05) is 7.43 Å². The molecule has 0 aliphatic carbocycles. The van der Waals surface area contributed by atoms with E-state index < -0.39 is 0 Å². The van der Waals surface area contributed by atoms with Crippen molar-refractivity contribution in [2.75, 3.05) is 14.2 Å². The number of esters is 2. The maximum Gasteiger partial charge on any atom is 0.426 e. The number of aromatic nitrogens is 2. The molecule has 0 amide bonds. The summed E-state index contributed by atoms with van der Waals surface area (Å²) in [5.74, 6) is -0.747. The van der Waals surface area contributed by atoms with Crippen molar-refractivity contribution in [2.24, 2.45) is 0 Å². The van der Waals surface area contributed by atoms with Crippen LogP contribution in [0.2, 0.25) is 20.5 Å². The highest BCUT2D eigenvalue weighted by Crippen LogP contribution is 2.18. The highest BCUT2D eigenvalue weighted by atomic mass is 127. The standard InChI is InChI=1S/C8H8BrNO2.C7H5BrINO2.C3H9B3O3.CH4/c1-5-7(9)3-6(4-10-5)8(11)12-2;1-12-7(11)4-2-5(8)6(9)10-3-4;1-4-7-5(2)9-6(3)8-4;/h3-4H,1-2H3;2-3H,1H3;1-3H3;1H4. The molecule has 1 aliphatic rings. The Kier molecular flexibility index (Phi) is 16.1. The molecule has 15 heteroatoms. The SMILES string of the molecule is C.CB1OB(C)OB(C)O1.COC(=O)c1cnc(C)c(Br)c1.COC(=O)c1cnc(I)c(Br)c1. The van der Waals surface area contributed by atoms with E-state index in [1.807, 2.05) is 27.4 Å². The number of ether oxygens (including phenoxy) is 2. The number of hydrogen-bond acceptors (Lipinski definition) is 9. The summed E-state index contributed by atoms with van der Waals surface area (Å²) in [5, 5.41) is 0. The molecule has 0 radical (unpaired) electrons. The molecule has 1 saturated heterocycles. The van der Waals surface area contributed by atoms with E-state index in [2.05, 4.69) is 73.9 Å². The third-order valence-electron chi connectivity index (χ3n) is 3.81. The highest BCUT2D eigenvalue weighted by molar-refractivity contribution is 14.1. The molecule has 9 nitrogen and oxygen atoms in total. The summed E-state index contributed by atoms with van der Waals surface area (Å²) < 4.78 is 26.8. The molecule has 0 saturated carbocycles. The molecule has 34 heavy (non-hydrogen) atoms. The van der Waals surface area contributed by atoms with Crippen LogP contribution in [0.15, 0.2) is 33.5 Å². The lowest BCUT2D eigenvalue weighted by molar-refractivity contribution is 0.0591. The van der Waals surface area contributed by atoms with Crippen LogP contribution in [0.5, 0.6) is 0 Å². The molecule has 3 heterocycles. The Balaban J connectivity index is 0.000000479. The van der Waals surface area contributed by atoms with Crippen molar-refractivity contribution in [1.29, 1.82) is 0 Å². The predicted octanol–water partition coefficient (Wildman–Crippen LogP) is 5.21. The molecule has 1 aliphatic heterocycles. The van der Waals surface area contributed by atoms with E-state index >= 15 is 0 Å². The third-order valence-corrected chi connectivity index (χ3v) is 6.82. The minimum atomic E-state index is -0.375. The van der Waals surface area contributed by atoms with Crippen molar-refractivity contribution < 1.29 is 32.8 Å². The molecule has 0 bridgehead atoms. The van der Waals surface area contributed by atoms with Crippen molar-refractivity contribution in [3.05, 3.63) is 54.0 Å². The van der Waals surface area contributed by atoms with Crippen LogP contribution in [0.4, 0.5) is 0 Å². The lowest BCUT2D eigenvalue weighted by atomic mass is 9.74. The lowest BCUT2D eigenvalue weighted by Crippen LogP contribution is -2.44. The van der Waals surface area contributed by atoms with Crippen LogP contribution in [-0.4, -0.2) is 57.5 Å². The van der Waals surface area contributed by atoms with Gasteiger partial charge in [0.05, 0.1) is 35.5 Å². The van der Waals surface area contributed by atoms with Gasteiger partial charge in [-0.3, -0.25) is 4.98 Å². The van der Waals surface area contributed by atoms with Gasteiger partial charge in [-0.05, 0) is 94.0 Å². The van der Waals surface area contributed by atoms with E-state index in [0.29, 0.717) is 11.1 Å². The minimum Gasteiger partial charge on any atom is -0.465 e. The number of pyridine rings is 2. The maximum atomic E-state index is 11.0. The Morgan fingerprint density at radius 1 is 0.853 bits per heavy atom. The molecule has 184 valence electrons. The molecule has 0 unspecified atom stereocenters. The summed E-state index contributed by atoms with van der Waals surface area (Å²) in [5.41, 5.74) is 1.75. The Labute approximate surface area is 232 Å². The Hall–Kier alpha value is -0.995. The van der Waals surface area contributed by atoms with Gasteiger partial charge in [-0.15, -0.1) is 0 Å². The van der Waals surface area contributed by atoms with Gasteiger partial charge < -0.3 is 23.2 Å². The zero-order valence-corrected chi connectivity index (χ0v) is 24.3. The van der Waals surface area contributed by atoms with Crippen LogP contribution in [0.1, 0.15) is 33.8 Å². The molecule has 1 fully saturated rings. The van der Waals surface area contributed by atoms with E-state index in [1.54, 1.807) is 12.1 Å². The molecular weight excluding hydrogens is 687 g/mol. The van der Waals surface area contributed by atoms with Gasteiger partial charge in [0.1, 0.15) is 3.70 Å². The Bertz CT molecular complexity index is 874. The molecule has 0 spiro atoms. The third kappa shape index (κ3) is 11.6. The number of rotatable bonds is 2.